The zero-order valence-electron chi connectivity index (χ0n) is 14.1. The Morgan fingerprint density at radius 2 is 2.17 bits per heavy atom. The van der Waals surface area contributed by atoms with Gasteiger partial charge < -0.3 is 15.0 Å². The van der Waals surface area contributed by atoms with E-state index in [1.165, 1.54) is 18.7 Å². The van der Waals surface area contributed by atoms with Crippen molar-refractivity contribution < 1.29 is 19.1 Å². The number of esters is 1. The summed E-state index contributed by atoms with van der Waals surface area (Å²) >= 11 is 1.24. The van der Waals surface area contributed by atoms with Crippen molar-refractivity contribution in [2.24, 2.45) is 5.92 Å². The van der Waals surface area contributed by atoms with Gasteiger partial charge >= 0.3 is 5.97 Å². The van der Waals surface area contributed by atoms with E-state index in [2.05, 4.69) is 5.32 Å². The van der Waals surface area contributed by atoms with Crippen LogP contribution in [0.15, 0.2) is 18.2 Å². The van der Waals surface area contributed by atoms with Crippen molar-refractivity contribution in [3.63, 3.8) is 0 Å². The van der Waals surface area contributed by atoms with Crippen LogP contribution in [-0.2, 0) is 14.3 Å². The van der Waals surface area contributed by atoms with Gasteiger partial charge in [0.1, 0.15) is 0 Å². The van der Waals surface area contributed by atoms with Gasteiger partial charge in [0, 0.05) is 32.7 Å². The van der Waals surface area contributed by atoms with Crippen molar-refractivity contribution in [1.29, 1.82) is 0 Å². The lowest BCUT2D eigenvalue weighted by molar-refractivity contribution is -0.117. The van der Waals surface area contributed by atoms with Gasteiger partial charge in [0.25, 0.3) is 0 Å². The maximum atomic E-state index is 12.4. The molecule has 0 aliphatic carbocycles. The van der Waals surface area contributed by atoms with Gasteiger partial charge in [-0.3, -0.25) is 9.59 Å². The normalized spacial score (nSPS) is 17.0. The van der Waals surface area contributed by atoms with E-state index in [0.717, 1.165) is 5.69 Å². The quantitative estimate of drug-likeness (QED) is 0.795. The fourth-order valence-corrected chi connectivity index (χ4v) is 3.36. The van der Waals surface area contributed by atoms with E-state index in [1.807, 2.05) is 0 Å². The Balaban J connectivity index is 2.23. The second kappa shape index (κ2) is 8.19. The smallest absolute Gasteiger partial charge is 0.338 e. The highest BCUT2D eigenvalue weighted by atomic mass is 32.2. The zero-order chi connectivity index (χ0) is 17.7. The van der Waals surface area contributed by atoms with Crippen molar-refractivity contribution in [2.45, 2.75) is 20.3 Å². The summed E-state index contributed by atoms with van der Waals surface area (Å²) in [4.78, 5) is 37.1. The molecule has 7 heteroatoms. The number of nitrogens with one attached hydrogen (secondary N) is 1. The highest BCUT2D eigenvalue weighted by molar-refractivity contribution is 8.13. The third-order valence-electron chi connectivity index (χ3n) is 3.80. The van der Waals surface area contributed by atoms with Gasteiger partial charge in [-0.25, -0.2) is 4.79 Å². The number of benzene rings is 1. The Labute approximate surface area is 145 Å². The second-order valence-corrected chi connectivity index (χ2v) is 6.78. The molecule has 1 N–H and O–H groups in total. The van der Waals surface area contributed by atoms with Crippen LogP contribution in [0.25, 0.3) is 0 Å². The van der Waals surface area contributed by atoms with E-state index in [1.54, 1.807) is 37.1 Å². The largest absolute Gasteiger partial charge is 0.462 e. The topological polar surface area (TPSA) is 75.7 Å². The van der Waals surface area contributed by atoms with E-state index >= 15 is 0 Å². The maximum Gasteiger partial charge on any atom is 0.338 e. The van der Waals surface area contributed by atoms with Crippen LogP contribution in [0, 0.1) is 5.92 Å². The standard InChI is InChI=1S/C17H22N2O4S/c1-4-23-17(22)13-5-6-14(18-3)15(8-13)19-9-12(7-16(19)21)10-24-11(2)20/h5-6,8,12,18H,4,7,9-10H2,1-3H3. The number of carbonyl (C=O) groups is 3. The van der Waals surface area contributed by atoms with E-state index in [0.29, 0.717) is 36.6 Å². The molecule has 6 nitrogen and oxygen atoms in total. The highest BCUT2D eigenvalue weighted by Crippen LogP contribution is 2.33. The van der Waals surface area contributed by atoms with Crippen LogP contribution >= 0.6 is 11.8 Å². The molecule has 1 aliphatic heterocycles. The molecule has 0 spiro atoms. The molecule has 130 valence electrons. The van der Waals surface area contributed by atoms with Gasteiger partial charge in [-0.2, -0.15) is 0 Å². The minimum Gasteiger partial charge on any atom is -0.462 e. The molecule has 0 saturated carbocycles. The summed E-state index contributed by atoms with van der Waals surface area (Å²) in [5.74, 6) is 0.352. The lowest BCUT2D eigenvalue weighted by Gasteiger charge is -2.21. The monoisotopic (exact) mass is 350 g/mol. The molecule has 0 radical (unpaired) electrons. The van der Waals surface area contributed by atoms with Crippen LogP contribution < -0.4 is 10.2 Å². The Morgan fingerprint density at radius 3 is 2.79 bits per heavy atom. The lowest BCUT2D eigenvalue weighted by Crippen LogP contribution is -2.26. The van der Waals surface area contributed by atoms with E-state index in [9.17, 15) is 14.4 Å². The van der Waals surface area contributed by atoms with Crippen molar-refractivity contribution in [3.05, 3.63) is 23.8 Å². The predicted molar refractivity (Wildman–Crippen MR) is 95.5 cm³/mol. The summed E-state index contributed by atoms with van der Waals surface area (Å²) in [7, 11) is 1.77. The predicted octanol–water partition coefficient (Wildman–Crippen LogP) is 2.54. The van der Waals surface area contributed by atoms with Crippen LogP contribution in [0.5, 0.6) is 0 Å². The average molecular weight is 350 g/mol. The van der Waals surface area contributed by atoms with E-state index < -0.39 is 5.97 Å². The van der Waals surface area contributed by atoms with Gasteiger partial charge in [0.05, 0.1) is 23.5 Å². The summed E-state index contributed by atoms with van der Waals surface area (Å²) in [6, 6.07) is 5.13. The third kappa shape index (κ3) is 4.29. The van der Waals surface area contributed by atoms with Gasteiger partial charge in [-0.05, 0) is 31.0 Å². The van der Waals surface area contributed by atoms with Crippen LogP contribution in [0.3, 0.4) is 0 Å². The van der Waals surface area contributed by atoms with Gasteiger partial charge in [-0.1, -0.05) is 11.8 Å². The van der Waals surface area contributed by atoms with E-state index in [-0.39, 0.29) is 16.9 Å². The van der Waals surface area contributed by atoms with Gasteiger partial charge in [-0.15, -0.1) is 0 Å². The van der Waals surface area contributed by atoms with Crippen LogP contribution in [-0.4, -0.2) is 42.9 Å². The number of ether oxygens (including phenoxy) is 1. The van der Waals surface area contributed by atoms with Crippen LogP contribution in [0.2, 0.25) is 0 Å². The van der Waals surface area contributed by atoms with Crippen molar-refractivity contribution in [3.8, 4) is 0 Å². The minimum absolute atomic E-state index is 0.00154. The number of thioether (sulfide) groups is 1. The van der Waals surface area contributed by atoms with Crippen LogP contribution in [0.4, 0.5) is 11.4 Å². The summed E-state index contributed by atoms with van der Waals surface area (Å²) in [6.45, 7) is 4.12. The molecule has 1 amide bonds. The number of anilines is 2. The zero-order valence-corrected chi connectivity index (χ0v) is 14.9. The molecule has 1 aromatic carbocycles. The first kappa shape index (κ1) is 18.3. The third-order valence-corrected chi connectivity index (χ3v) is 4.84. The molecule has 0 bridgehead atoms. The average Bonchev–Trinajstić information content (AvgIpc) is 2.93. The molecule has 1 aliphatic rings. The van der Waals surface area contributed by atoms with E-state index in [4.69, 9.17) is 4.74 Å². The fourth-order valence-electron chi connectivity index (χ4n) is 2.67. The molecule has 1 atom stereocenters. The molecule has 1 aromatic rings. The number of amides is 1. The Kier molecular flexibility index (Phi) is 6.25. The first-order valence-corrected chi connectivity index (χ1v) is 8.87. The number of carbonyl (C=O) groups excluding carboxylic acids is 3. The lowest BCUT2D eigenvalue weighted by atomic mass is 10.1. The fraction of sp³-hybridized carbons (Fsp3) is 0.471. The Bertz CT molecular complexity index is 647. The molecule has 24 heavy (non-hydrogen) atoms. The number of nitrogens with zero attached hydrogens (tertiary/aromatic N) is 1. The first-order valence-electron chi connectivity index (χ1n) is 7.88. The highest BCUT2D eigenvalue weighted by Gasteiger charge is 2.32. The molecular weight excluding hydrogens is 328 g/mol. The maximum absolute atomic E-state index is 12.4. The van der Waals surface area contributed by atoms with Gasteiger partial charge in [0.15, 0.2) is 5.12 Å². The Morgan fingerprint density at radius 1 is 1.42 bits per heavy atom. The molecule has 1 fully saturated rings. The summed E-state index contributed by atoms with van der Waals surface area (Å²) in [5, 5.41) is 3.11. The minimum atomic E-state index is -0.406. The molecule has 2 rings (SSSR count). The second-order valence-electron chi connectivity index (χ2n) is 5.58. The number of hydrogen-bond donors (Lipinski definition) is 1. The summed E-state index contributed by atoms with van der Waals surface area (Å²) in [5.41, 5.74) is 1.86. The molecule has 1 heterocycles. The molecule has 0 aromatic heterocycles. The number of rotatable bonds is 6. The molecule has 1 unspecified atom stereocenters. The summed E-state index contributed by atoms with van der Waals surface area (Å²) in [6.07, 6.45) is 0.410. The number of hydrogen-bond acceptors (Lipinski definition) is 6. The van der Waals surface area contributed by atoms with Crippen molar-refractivity contribution >= 4 is 40.1 Å². The molecular formula is C17H22N2O4S. The van der Waals surface area contributed by atoms with Crippen LogP contribution in [0.1, 0.15) is 30.6 Å². The van der Waals surface area contributed by atoms with Gasteiger partial charge in [0.2, 0.25) is 5.91 Å². The van der Waals surface area contributed by atoms with Crippen molar-refractivity contribution in [2.75, 3.05) is 36.2 Å². The summed E-state index contributed by atoms with van der Waals surface area (Å²) < 4.78 is 5.03. The molecule has 1 saturated heterocycles. The Hall–Kier alpha value is -2.02. The SMILES string of the molecule is CCOC(=O)c1ccc(NC)c(N2CC(CSC(C)=O)CC2=O)c1. The van der Waals surface area contributed by atoms with Crippen molar-refractivity contribution in [1.82, 2.24) is 0 Å². The first-order chi connectivity index (χ1) is 11.5.